The fourth-order valence-electron chi connectivity index (χ4n) is 3.90. The molecule has 3 rings (SSSR count). The molecule has 0 amide bonds. The lowest BCUT2D eigenvalue weighted by atomic mass is 9.94. The average Bonchev–Trinajstić information content (AvgIpc) is 3.20. The fraction of sp³-hybridized carbons (Fsp3) is 0.391. The van der Waals surface area contributed by atoms with Crippen LogP contribution in [0.25, 0.3) is 0 Å². The molecule has 1 saturated heterocycles. The molecule has 0 aliphatic carbocycles. The summed E-state index contributed by atoms with van der Waals surface area (Å²) < 4.78 is 5.51. The van der Waals surface area contributed by atoms with Gasteiger partial charge in [0, 0.05) is 36.0 Å². The van der Waals surface area contributed by atoms with E-state index < -0.39 is 0 Å². The number of nitrogens with one attached hydrogen (secondary N) is 1. The number of quaternary nitrogens is 1. The van der Waals surface area contributed by atoms with Gasteiger partial charge >= 0.3 is 0 Å². The fourth-order valence-corrected chi connectivity index (χ4v) is 3.90. The van der Waals surface area contributed by atoms with Crippen LogP contribution in [0.15, 0.2) is 42.5 Å². The van der Waals surface area contributed by atoms with Crippen molar-refractivity contribution in [1.82, 2.24) is 0 Å². The smallest absolute Gasteiger partial charge is 0.220 e. The zero-order valence-corrected chi connectivity index (χ0v) is 16.4. The molecule has 142 valence electrons. The molecule has 27 heavy (non-hydrogen) atoms. The van der Waals surface area contributed by atoms with Crippen molar-refractivity contribution in [3.8, 4) is 5.75 Å². The van der Waals surface area contributed by atoms with Crippen LogP contribution in [0.2, 0.25) is 0 Å². The second-order valence-electron chi connectivity index (χ2n) is 7.44. The van der Waals surface area contributed by atoms with E-state index in [4.69, 9.17) is 4.74 Å². The van der Waals surface area contributed by atoms with Gasteiger partial charge in [-0.3, -0.25) is 9.59 Å². The molecule has 1 aliphatic rings. The molecule has 0 radical (unpaired) electrons. The summed E-state index contributed by atoms with van der Waals surface area (Å²) in [5.41, 5.74) is 3.48. The minimum absolute atomic E-state index is 0.0221. The molecule has 0 bridgehead atoms. The highest BCUT2D eigenvalue weighted by Crippen LogP contribution is 2.22. The zero-order chi connectivity index (χ0) is 19.4. The molecule has 0 unspecified atom stereocenters. The molecule has 0 aromatic heterocycles. The highest BCUT2D eigenvalue weighted by molar-refractivity contribution is 5.99. The van der Waals surface area contributed by atoms with Crippen molar-refractivity contribution in [1.29, 1.82) is 0 Å². The van der Waals surface area contributed by atoms with Crippen LogP contribution >= 0.6 is 0 Å². The number of Topliss-reactive ketones (excluding diaryl/α,β-unsaturated/α-hetero) is 2. The van der Waals surface area contributed by atoms with E-state index in [1.807, 2.05) is 43.3 Å². The number of carbonyl (C=O) groups excluding carboxylic acids is 2. The van der Waals surface area contributed by atoms with Crippen LogP contribution in [0.3, 0.4) is 0 Å². The number of benzene rings is 2. The summed E-state index contributed by atoms with van der Waals surface area (Å²) in [6, 6.07) is 13.1. The van der Waals surface area contributed by atoms with Crippen LogP contribution in [0.1, 0.15) is 51.6 Å². The van der Waals surface area contributed by atoms with Gasteiger partial charge in [0.25, 0.3) is 0 Å². The van der Waals surface area contributed by atoms with Gasteiger partial charge in [0.05, 0.1) is 20.2 Å². The molecule has 1 fully saturated rings. The Morgan fingerprint density at radius 3 is 2.26 bits per heavy atom. The molecule has 0 saturated carbocycles. The Morgan fingerprint density at radius 1 is 1.04 bits per heavy atom. The monoisotopic (exact) mass is 366 g/mol. The second-order valence-corrected chi connectivity index (χ2v) is 7.44. The number of hydrogen-bond acceptors (Lipinski definition) is 3. The van der Waals surface area contributed by atoms with Crippen LogP contribution < -0.4 is 9.64 Å². The minimum atomic E-state index is -0.161. The van der Waals surface area contributed by atoms with Gasteiger partial charge in [-0.25, -0.2) is 0 Å². The van der Waals surface area contributed by atoms with Gasteiger partial charge in [0.2, 0.25) is 5.78 Å². The Morgan fingerprint density at radius 2 is 1.67 bits per heavy atom. The number of methoxy groups -OCH3 is 1. The molecule has 1 N–H and O–H groups in total. The van der Waals surface area contributed by atoms with Crippen LogP contribution in [-0.2, 0) is 6.42 Å². The molecular weight excluding hydrogens is 338 g/mol. The topological polar surface area (TPSA) is 47.8 Å². The van der Waals surface area contributed by atoms with Gasteiger partial charge in [0.1, 0.15) is 5.75 Å². The summed E-state index contributed by atoms with van der Waals surface area (Å²) in [6.07, 6.45) is 2.88. The highest BCUT2D eigenvalue weighted by atomic mass is 16.5. The van der Waals surface area contributed by atoms with E-state index in [1.54, 1.807) is 20.1 Å². The molecule has 1 atom stereocenters. The maximum absolute atomic E-state index is 13.3. The lowest BCUT2D eigenvalue weighted by molar-refractivity contribution is -0.903. The molecule has 4 heteroatoms. The predicted octanol–water partition coefficient (Wildman–Crippen LogP) is 2.68. The number of ether oxygens (including phenoxy) is 1. The van der Waals surface area contributed by atoms with Gasteiger partial charge in [-0.05, 0) is 32.0 Å². The molecule has 0 spiro atoms. The second kappa shape index (κ2) is 8.49. The van der Waals surface area contributed by atoms with Crippen LogP contribution in [0, 0.1) is 6.92 Å². The van der Waals surface area contributed by atoms with E-state index in [-0.39, 0.29) is 17.6 Å². The van der Waals surface area contributed by atoms with Crippen molar-refractivity contribution in [2.24, 2.45) is 0 Å². The highest BCUT2D eigenvalue weighted by Gasteiger charge is 2.33. The van der Waals surface area contributed by atoms with Crippen LogP contribution in [0.5, 0.6) is 5.75 Å². The average molecular weight is 366 g/mol. The number of hydrogen-bond donors (Lipinski definition) is 1. The van der Waals surface area contributed by atoms with Crippen molar-refractivity contribution >= 4 is 11.6 Å². The third-order valence-corrected chi connectivity index (χ3v) is 5.50. The van der Waals surface area contributed by atoms with Crippen LogP contribution in [0.4, 0.5) is 0 Å². The summed E-state index contributed by atoms with van der Waals surface area (Å²) in [5, 5.41) is 0. The Hall–Kier alpha value is -2.46. The minimum Gasteiger partial charge on any atom is -0.496 e. The Bertz CT molecular complexity index is 820. The Labute approximate surface area is 161 Å². The standard InChI is InChI=1S/C23H27NO3/c1-16-6-8-18(9-7-16)23(26)21(24-12-4-5-13-24)15-20-14-19(17(2)25)10-11-22(20)27-3/h6-11,14,21H,4-5,12-13,15H2,1-3H3/p+1/t21-/m1/s1. The van der Waals surface area contributed by atoms with E-state index in [0.29, 0.717) is 12.0 Å². The SMILES string of the molecule is COc1ccc(C(C)=O)cc1C[C@H](C(=O)c1ccc(C)cc1)[NH+]1CCCC1. The number of rotatable bonds is 7. The summed E-state index contributed by atoms with van der Waals surface area (Å²) in [4.78, 5) is 26.5. The third-order valence-electron chi connectivity index (χ3n) is 5.50. The van der Waals surface area contributed by atoms with Crippen molar-refractivity contribution in [2.75, 3.05) is 20.2 Å². The molecule has 1 heterocycles. The van der Waals surface area contributed by atoms with E-state index in [1.165, 1.54) is 4.90 Å². The molecule has 4 nitrogen and oxygen atoms in total. The largest absolute Gasteiger partial charge is 0.496 e. The Balaban J connectivity index is 1.94. The predicted molar refractivity (Wildman–Crippen MR) is 106 cm³/mol. The number of likely N-dealkylation sites (tertiary alicyclic amines) is 1. The zero-order valence-electron chi connectivity index (χ0n) is 16.4. The summed E-state index contributed by atoms with van der Waals surface area (Å²) >= 11 is 0. The first kappa shape index (κ1) is 19.3. The van der Waals surface area contributed by atoms with Gasteiger partial charge in [0.15, 0.2) is 11.8 Å². The van der Waals surface area contributed by atoms with E-state index >= 15 is 0 Å². The molecule has 2 aromatic carbocycles. The quantitative estimate of drug-likeness (QED) is 0.767. The summed E-state index contributed by atoms with van der Waals surface area (Å²) in [7, 11) is 1.63. The number of ketones is 2. The number of aryl methyl sites for hydroxylation is 1. The maximum Gasteiger partial charge on any atom is 0.220 e. The first-order chi connectivity index (χ1) is 13.0. The first-order valence-electron chi connectivity index (χ1n) is 9.63. The lowest BCUT2D eigenvalue weighted by Gasteiger charge is -2.24. The van der Waals surface area contributed by atoms with Crippen molar-refractivity contribution in [2.45, 2.75) is 39.2 Å². The lowest BCUT2D eigenvalue weighted by Crippen LogP contribution is -3.15. The first-order valence-corrected chi connectivity index (χ1v) is 9.63. The molecule has 1 aliphatic heterocycles. The van der Waals surface area contributed by atoms with Gasteiger partial charge in [-0.1, -0.05) is 29.8 Å². The van der Waals surface area contributed by atoms with Crippen molar-refractivity contribution < 1.29 is 19.2 Å². The van der Waals surface area contributed by atoms with E-state index in [0.717, 1.165) is 48.4 Å². The van der Waals surface area contributed by atoms with Gasteiger partial charge in [-0.15, -0.1) is 0 Å². The normalized spacial score (nSPS) is 15.5. The number of carbonyl (C=O) groups is 2. The molecule has 2 aromatic rings. The van der Waals surface area contributed by atoms with E-state index in [9.17, 15) is 9.59 Å². The van der Waals surface area contributed by atoms with Crippen LogP contribution in [-0.4, -0.2) is 37.8 Å². The summed E-state index contributed by atoms with van der Waals surface area (Å²) in [6.45, 7) is 5.61. The maximum atomic E-state index is 13.3. The summed E-state index contributed by atoms with van der Waals surface area (Å²) in [5.74, 6) is 0.927. The third kappa shape index (κ3) is 4.45. The Kier molecular flexibility index (Phi) is 6.07. The van der Waals surface area contributed by atoms with E-state index in [2.05, 4.69) is 0 Å². The van der Waals surface area contributed by atoms with Gasteiger partial charge < -0.3 is 9.64 Å². The van der Waals surface area contributed by atoms with Crippen molar-refractivity contribution in [3.63, 3.8) is 0 Å². The molecular formula is C23H28NO3+. The van der Waals surface area contributed by atoms with Crippen molar-refractivity contribution in [3.05, 3.63) is 64.7 Å². The van der Waals surface area contributed by atoms with Gasteiger partial charge in [-0.2, -0.15) is 0 Å².